The fourth-order valence-corrected chi connectivity index (χ4v) is 1.95. The van der Waals surface area contributed by atoms with Gasteiger partial charge in [-0.25, -0.2) is 0 Å². The molecule has 0 heterocycles. The molecule has 0 aromatic heterocycles. The summed E-state index contributed by atoms with van der Waals surface area (Å²) >= 11 is 0. The van der Waals surface area contributed by atoms with Crippen LogP contribution in [0.5, 0.6) is 0 Å². The van der Waals surface area contributed by atoms with Crippen molar-refractivity contribution in [2.24, 2.45) is 0 Å². The van der Waals surface area contributed by atoms with Gasteiger partial charge in [0.15, 0.2) is 0 Å². The molecule has 0 atom stereocenters. The van der Waals surface area contributed by atoms with Crippen molar-refractivity contribution in [3.8, 4) is 0 Å². The van der Waals surface area contributed by atoms with Crippen LogP contribution in [0.3, 0.4) is 0 Å². The number of unbranched alkanes of at least 4 members (excludes halogenated alkanes) is 6. The SMILES string of the molecule is C/C=C\C/C=C\C/C=C\CCCCCCCCC(=O)O. The fraction of sp³-hybridized carbons (Fsp3) is 0.611. The van der Waals surface area contributed by atoms with Crippen molar-refractivity contribution in [2.45, 2.75) is 71.1 Å². The number of allylic oxidation sites excluding steroid dienone is 6. The lowest BCUT2D eigenvalue weighted by atomic mass is 10.1. The van der Waals surface area contributed by atoms with Gasteiger partial charge >= 0.3 is 5.97 Å². The van der Waals surface area contributed by atoms with Crippen LogP contribution < -0.4 is 0 Å². The minimum atomic E-state index is -0.671. The third kappa shape index (κ3) is 16.7. The molecule has 0 saturated heterocycles. The molecule has 0 fully saturated rings. The Balaban J connectivity index is 3.19. The Hall–Kier alpha value is -1.31. The lowest BCUT2D eigenvalue weighted by Gasteiger charge is -1.99. The third-order valence-corrected chi connectivity index (χ3v) is 3.12. The van der Waals surface area contributed by atoms with Crippen molar-refractivity contribution >= 4 is 5.97 Å². The number of aliphatic carboxylic acids is 1. The van der Waals surface area contributed by atoms with Crippen LogP contribution in [0, 0.1) is 0 Å². The third-order valence-electron chi connectivity index (χ3n) is 3.12. The molecule has 1 N–H and O–H groups in total. The molecule has 0 aliphatic rings. The minimum Gasteiger partial charge on any atom is -0.481 e. The van der Waals surface area contributed by atoms with Gasteiger partial charge in [-0.15, -0.1) is 0 Å². The molecule has 0 saturated carbocycles. The maximum atomic E-state index is 10.3. The van der Waals surface area contributed by atoms with E-state index in [9.17, 15) is 4.79 Å². The van der Waals surface area contributed by atoms with Gasteiger partial charge in [-0.1, -0.05) is 62.1 Å². The summed E-state index contributed by atoms with van der Waals surface area (Å²) in [4.78, 5) is 10.3. The molecule has 2 nitrogen and oxygen atoms in total. The summed E-state index contributed by atoms with van der Waals surface area (Å²) in [5.41, 5.74) is 0. The van der Waals surface area contributed by atoms with Crippen molar-refractivity contribution < 1.29 is 9.90 Å². The maximum Gasteiger partial charge on any atom is 0.303 e. The largest absolute Gasteiger partial charge is 0.481 e. The van der Waals surface area contributed by atoms with E-state index in [-0.39, 0.29) is 0 Å². The summed E-state index contributed by atoms with van der Waals surface area (Å²) in [6.45, 7) is 2.04. The van der Waals surface area contributed by atoms with Gasteiger partial charge in [0.1, 0.15) is 0 Å². The molecule has 2 heteroatoms. The number of carboxylic acid groups (broad SMARTS) is 1. The van der Waals surface area contributed by atoms with Crippen molar-refractivity contribution in [3.05, 3.63) is 36.5 Å². The number of hydrogen-bond acceptors (Lipinski definition) is 1. The molecule has 20 heavy (non-hydrogen) atoms. The topological polar surface area (TPSA) is 37.3 Å². The highest BCUT2D eigenvalue weighted by atomic mass is 16.4. The predicted molar refractivity (Wildman–Crippen MR) is 86.9 cm³/mol. The van der Waals surface area contributed by atoms with Crippen molar-refractivity contribution in [2.75, 3.05) is 0 Å². The van der Waals surface area contributed by atoms with E-state index in [0.29, 0.717) is 6.42 Å². The van der Waals surface area contributed by atoms with Crippen molar-refractivity contribution in [1.82, 2.24) is 0 Å². The zero-order chi connectivity index (χ0) is 14.9. The summed E-state index contributed by atoms with van der Waals surface area (Å²) in [5, 5.41) is 8.50. The van der Waals surface area contributed by atoms with Gasteiger partial charge in [0.25, 0.3) is 0 Å². The monoisotopic (exact) mass is 278 g/mol. The number of carbonyl (C=O) groups is 1. The predicted octanol–water partition coefficient (Wildman–Crippen LogP) is 5.66. The van der Waals surface area contributed by atoms with Gasteiger partial charge in [0.05, 0.1) is 0 Å². The molecule has 0 rings (SSSR count). The summed E-state index contributed by atoms with van der Waals surface area (Å²) in [7, 11) is 0. The highest BCUT2D eigenvalue weighted by molar-refractivity contribution is 5.66. The van der Waals surface area contributed by atoms with Crippen LogP contribution in [0.2, 0.25) is 0 Å². The second kappa shape index (κ2) is 15.7. The van der Waals surface area contributed by atoms with E-state index in [1.807, 2.05) is 6.92 Å². The van der Waals surface area contributed by atoms with Gasteiger partial charge in [-0.05, 0) is 39.0 Å². The molecule has 0 aliphatic heterocycles. The Morgan fingerprint density at radius 2 is 1.35 bits per heavy atom. The highest BCUT2D eigenvalue weighted by Gasteiger charge is 1.95. The average Bonchev–Trinajstić information content (AvgIpc) is 2.43. The molecule has 0 unspecified atom stereocenters. The van der Waals surface area contributed by atoms with Crippen LogP contribution in [0.15, 0.2) is 36.5 Å². The smallest absolute Gasteiger partial charge is 0.303 e. The Bertz CT molecular complexity index is 301. The first kappa shape index (κ1) is 18.7. The Labute approximate surface area is 124 Å². The molecular weight excluding hydrogens is 248 g/mol. The summed E-state index contributed by atoms with van der Waals surface area (Å²) < 4.78 is 0. The maximum absolute atomic E-state index is 10.3. The Morgan fingerprint density at radius 3 is 2.00 bits per heavy atom. The molecular formula is C18H30O2. The van der Waals surface area contributed by atoms with E-state index in [4.69, 9.17) is 5.11 Å². The van der Waals surface area contributed by atoms with E-state index in [1.54, 1.807) is 0 Å². The molecule has 114 valence electrons. The first-order valence-corrected chi connectivity index (χ1v) is 7.90. The lowest BCUT2D eigenvalue weighted by molar-refractivity contribution is -0.137. The van der Waals surface area contributed by atoms with Gasteiger partial charge in [-0.2, -0.15) is 0 Å². The number of rotatable bonds is 13. The van der Waals surface area contributed by atoms with E-state index < -0.39 is 5.97 Å². The van der Waals surface area contributed by atoms with E-state index in [2.05, 4.69) is 36.5 Å². The minimum absolute atomic E-state index is 0.324. The Kier molecular flexibility index (Phi) is 14.7. The molecule has 0 bridgehead atoms. The van der Waals surface area contributed by atoms with Crippen LogP contribution >= 0.6 is 0 Å². The number of carboxylic acids is 1. The van der Waals surface area contributed by atoms with Gasteiger partial charge in [0.2, 0.25) is 0 Å². The van der Waals surface area contributed by atoms with E-state index in [0.717, 1.165) is 32.1 Å². The first-order chi connectivity index (χ1) is 9.77. The van der Waals surface area contributed by atoms with Crippen LogP contribution in [0.4, 0.5) is 0 Å². The van der Waals surface area contributed by atoms with E-state index in [1.165, 1.54) is 25.7 Å². The lowest BCUT2D eigenvalue weighted by Crippen LogP contribution is -1.93. The Morgan fingerprint density at radius 1 is 0.800 bits per heavy atom. The van der Waals surface area contributed by atoms with Crippen molar-refractivity contribution in [3.63, 3.8) is 0 Å². The van der Waals surface area contributed by atoms with Gasteiger partial charge in [-0.3, -0.25) is 4.79 Å². The van der Waals surface area contributed by atoms with E-state index >= 15 is 0 Å². The molecule has 0 aromatic carbocycles. The number of hydrogen-bond donors (Lipinski definition) is 1. The summed E-state index contributed by atoms with van der Waals surface area (Å²) in [5.74, 6) is -0.671. The fourth-order valence-electron chi connectivity index (χ4n) is 1.95. The molecule has 0 amide bonds. The summed E-state index contributed by atoms with van der Waals surface area (Å²) in [6.07, 6.45) is 23.5. The zero-order valence-electron chi connectivity index (χ0n) is 12.9. The molecule has 0 aliphatic carbocycles. The van der Waals surface area contributed by atoms with Gasteiger partial charge < -0.3 is 5.11 Å². The average molecular weight is 278 g/mol. The zero-order valence-corrected chi connectivity index (χ0v) is 12.9. The molecule has 0 radical (unpaired) electrons. The molecule has 0 aromatic rings. The van der Waals surface area contributed by atoms with Crippen LogP contribution in [-0.2, 0) is 4.79 Å². The molecule has 0 spiro atoms. The second-order valence-corrected chi connectivity index (χ2v) is 5.04. The quantitative estimate of drug-likeness (QED) is 0.348. The standard InChI is InChI=1S/C18H30O2/c1-2-3-4-5-6-7-8-9-10-11-12-13-14-15-16-17-18(19)20/h2-3,5-6,8-9H,4,7,10-17H2,1H3,(H,19,20)/b3-2-,6-5-,9-8-. The van der Waals surface area contributed by atoms with Gasteiger partial charge in [0, 0.05) is 6.42 Å². The second-order valence-electron chi connectivity index (χ2n) is 5.04. The van der Waals surface area contributed by atoms with Crippen LogP contribution in [0.25, 0.3) is 0 Å². The van der Waals surface area contributed by atoms with Crippen LogP contribution in [-0.4, -0.2) is 11.1 Å². The summed E-state index contributed by atoms with van der Waals surface area (Å²) in [6, 6.07) is 0. The van der Waals surface area contributed by atoms with Crippen LogP contribution in [0.1, 0.15) is 71.1 Å². The van der Waals surface area contributed by atoms with Crippen molar-refractivity contribution in [1.29, 1.82) is 0 Å². The first-order valence-electron chi connectivity index (χ1n) is 7.90. The highest BCUT2D eigenvalue weighted by Crippen LogP contribution is 2.09. The normalized spacial score (nSPS) is 12.1.